The number of rotatable bonds is 5. The van der Waals surface area contributed by atoms with E-state index in [0.29, 0.717) is 29.2 Å². The summed E-state index contributed by atoms with van der Waals surface area (Å²) in [6.45, 7) is 0.597. The van der Waals surface area contributed by atoms with Crippen molar-refractivity contribution in [2.75, 3.05) is 11.9 Å². The zero-order chi connectivity index (χ0) is 13.0. The molecule has 0 radical (unpaired) electrons. The number of hydrogen-bond donors (Lipinski definition) is 2. The summed E-state index contributed by atoms with van der Waals surface area (Å²) in [5, 5.41) is 3.27. The highest BCUT2D eigenvalue weighted by atomic mass is 35.5. The molecule has 1 heterocycles. The summed E-state index contributed by atoms with van der Waals surface area (Å²) in [7, 11) is 0. The van der Waals surface area contributed by atoms with Crippen molar-refractivity contribution in [1.29, 1.82) is 0 Å². The highest BCUT2D eigenvalue weighted by Gasteiger charge is 2.12. The van der Waals surface area contributed by atoms with Crippen LogP contribution in [0.3, 0.4) is 0 Å². The lowest BCUT2D eigenvalue weighted by molar-refractivity contribution is -0.116. The molecule has 5 nitrogen and oxygen atoms in total. The Bertz CT molecular complexity index is 557. The van der Waals surface area contributed by atoms with Gasteiger partial charge in [0.05, 0.1) is 22.4 Å². The molecule has 0 atom stereocenters. The largest absolute Gasteiger partial charge is 0.330 e. The van der Waals surface area contributed by atoms with Crippen LogP contribution in [-0.4, -0.2) is 21.2 Å². The van der Waals surface area contributed by atoms with E-state index in [1.807, 2.05) is 0 Å². The van der Waals surface area contributed by atoms with Crippen LogP contribution < -0.4 is 11.1 Å². The van der Waals surface area contributed by atoms with Crippen LogP contribution in [0.1, 0.15) is 19.3 Å². The molecule has 7 heteroatoms. The highest BCUT2D eigenvalue weighted by Crippen LogP contribution is 2.29. The number of carbonyl (C=O) groups excluding carboxylic acids is 1. The number of unbranched alkanes of at least 4 members (excludes halogenated alkanes) is 1. The van der Waals surface area contributed by atoms with E-state index in [2.05, 4.69) is 14.1 Å². The predicted octanol–water partition coefficient (Wildman–Crippen LogP) is 2.41. The SMILES string of the molecule is NCCCCC(=O)Nc1c(Cl)ccc2nsnc12. The smallest absolute Gasteiger partial charge is 0.224 e. The molecule has 0 spiro atoms. The van der Waals surface area contributed by atoms with Crippen LogP contribution in [0.5, 0.6) is 0 Å². The van der Waals surface area contributed by atoms with E-state index in [1.54, 1.807) is 12.1 Å². The third kappa shape index (κ3) is 2.95. The number of halogens is 1. The lowest BCUT2D eigenvalue weighted by Gasteiger charge is -2.07. The predicted molar refractivity (Wildman–Crippen MR) is 74.0 cm³/mol. The molecule has 0 fully saturated rings. The van der Waals surface area contributed by atoms with Crippen molar-refractivity contribution in [3.63, 3.8) is 0 Å². The third-order valence-electron chi connectivity index (χ3n) is 2.50. The number of carbonyl (C=O) groups is 1. The number of anilines is 1. The minimum absolute atomic E-state index is 0.0779. The van der Waals surface area contributed by atoms with E-state index in [4.69, 9.17) is 17.3 Å². The number of benzene rings is 1. The standard InChI is InChI=1S/C11H13ClN4OS/c12-7-4-5-8-11(16-18-15-8)10(7)14-9(17)3-1-2-6-13/h4-5H,1-3,6,13H2,(H,14,17). The van der Waals surface area contributed by atoms with Gasteiger partial charge >= 0.3 is 0 Å². The lowest BCUT2D eigenvalue weighted by Crippen LogP contribution is -2.12. The van der Waals surface area contributed by atoms with Crippen molar-refractivity contribution >= 4 is 46.0 Å². The van der Waals surface area contributed by atoms with Gasteiger partial charge in [0, 0.05) is 6.42 Å². The Hall–Kier alpha value is -1.24. The number of aromatic nitrogens is 2. The molecule has 0 aliphatic heterocycles. The second-order valence-corrected chi connectivity index (χ2v) is 4.78. The van der Waals surface area contributed by atoms with E-state index in [9.17, 15) is 4.79 Å². The van der Waals surface area contributed by atoms with Crippen molar-refractivity contribution in [3.05, 3.63) is 17.2 Å². The Morgan fingerprint density at radius 1 is 1.39 bits per heavy atom. The second-order valence-electron chi connectivity index (χ2n) is 3.85. The van der Waals surface area contributed by atoms with E-state index in [1.165, 1.54) is 0 Å². The second kappa shape index (κ2) is 6.08. The number of nitrogens with two attached hydrogens (primary N) is 1. The Labute approximate surface area is 114 Å². The summed E-state index contributed by atoms with van der Waals surface area (Å²) < 4.78 is 8.25. The lowest BCUT2D eigenvalue weighted by atomic mass is 10.2. The molecule has 0 bridgehead atoms. The Kier molecular flexibility index (Phi) is 4.46. The van der Waals surface area contributed by atoms with Gasteiger partial charge in [-0.15, -0.1) is 0 Å². The summed E-state index contributed by atoms with van der Waals surface area (Å²) in [5.74, 6) is -0.0779. The molecule has 1 aromatic carbocycles. The van der Waals surface area contributed by atoms with Gasteiger partial charge in [-0.1, -0.05) is 11.6 Å². The van der Waals surface area contributed by atoms with Gasteiger partial charge in [-0.2, -0.15) is 8.75 Å². The molecule has 1 aromatic heterocycles. The van der Waals surface area contributed by atoms with E-state index in [0.717, 1.165) is 30.1 Å². The zero-order valence-corrected chi connectivity index (χ0v) is 11.2. The molecule has 0 saturated heterocycles. The molecule has 1 amide bonds. The Morgan fingerprint density at radius 2 is 2.22 bits per heavy atom. The maximum Gasteiger partial charge on any atom is 0.224 e. The first kappa shape index (κ1) is 13.2. The van der Waals surface area contributed by atoms with Gasteiger partial charge < -0.3 is 11.1 Å². The Morgan fingerprint density at radius 3 is 3.00 bits per heavy atom. The maximum absolute atomic E-state index is 11.7. The Balaban J connectivity index is 2.13. The molecule has 96 valence electrons. The molecular weight excluding hydrogens is 272 g/mol. The first-order valence-electron chi connectivity index (χ1n) is 5.63. The van der Waals surface area contributed by atoms with Crippen molar-refractivity contribution in [2.45, 2.75) is 19.3 Å². The van der Waals surface area contributed by atoms with Crippen LogP contribution >= 0.6 is 23.3 Å². The number of amides is 1. The fourth-order valence-electron chi connectivity index (χ4n) is 1.58. The number of nitrogens with zero attached hydrogens (tertiary/aromatic N) is 2. The molecule has 3 N–H and O–H groups in total. The van der Waals surface area contributed by atoms with Crippen molar-refractivity contribution in [1.82, 2.24) is 8.75 Å². The van der Waals surface area contributed by atoms with Crippen LogP contribution in [0, 0.1) is 0 Å². The first-order valence-corrected chi connectivity index (χ1v) is 6.74. The minimum Gasteiger partial charge on any atom is -0.330 e. The number of fused-ring (bicyclic) bond motifs is 1. The van der Waals surface area contributed by atoms with Gasteiger partial charge in [0.2, 0.25) is 5.91 Å². The quantitative estimate of drug-likeness (QED) is 0.826. The van der Waals surface area contributed by atoms with Gasteiger partial charge in [-0.05, 0) is 31.5 Å². The first-order chi connectivity index (χ1) is 8.72. The van der Waals surface area contributed by atoms with Crippen LogP contribution in [0.25, 0.3) is 11.0 Å². The van der Waals surface area contributed by atoms with Crippen LogP contribution in [0.15, 0.2) is 12.1 Å². The topological polar surface area (TPSA) is 80.9 Å². The fourth-order valence-corrected chi connectivity index (χ4v) is 2.32. The molecule has 0 aliphatic rings. The van der Waals surface area contributed by atoms with Gasteiger partial charge in [0.15, 0.2) is 0 Å². The molecular formula is C11H13ClN4OS. The molecule has 0 saturated carbocycles. The van der Waals surface area contributed by atoms with Gasteiger partial charge in [0.25, 0.3) is 0 Å². The van der Waals surface area contributed by atoms with Gasteiger partial charge in [-0.3, -0.25) is 4.79 Å². The molecule has 0 aliphatic carbocycles. The highest BCUT2D eigenvalue weighted by molar-refractivity contribution is 7.00. The number of hydrogen-bond acceptors (Lipinski definition) is 5. The van der Waals surface area contributed by atoms with E-state index >= 15 is 0 Å². The monoisotopic (exact) mass is 284 g/mol. The molecule has 0 unspecified atom stereocenters. The third-order valence-corrected chi connectivity index (χ3v) is 3.36. The summed E-state index contributed by atoms with van der Waals surface area (Å²) in [6, 6.07) is 3.49. The van der Waals surface area contributed by atoms with Crippen molar-refractivity contribution < 1.29 is 4.79 Å². The molecule has 2 rings (SSSR count). The van der Waals surface area contributed by atoms with Gasteiger partial charge in [-0.25, -0.2) is 0 Å². The van der Waals surface area contributed by atoms with Crippen LogP contribution in [-0.2, 0) is 4.79 Å². The fraction of sp³-hybridized carbons (Fsp3) is 0.364. The van der Waals surface area contributed by atoms with E-state index in [-0.39, 0.29) is 5.91 Å². The average molecular weight is 285 g/mol. The van der Waals surface area contributed by atoms with Crippen molar-refractivity contribution in [2.24, 2.45) is 5.73 Å². The summed E-state index contributed by atoms with van der Waals surface area (Å²) >= 11 is 7.17. The number of nitrogens with one attached hydrogen (secondary N) is 1. The van der Waals surface area contributed by atoms with Crippen molar-refractivity contribution in [3.8, 4) is 0 Å². The molecule has 2 aromatic rings. The normalized spacial score (nSPS) is 10.8. The summed E-state index contributed by atoms with van der Waals surface area (Å²) in [4.78, 5) is 11.7. The van der Waals surface area contributed by atoms with E-state index < -0.39 is 0 Å². The molecule has 18 heavy (non-hydrogen) atoms. The summed E-state index contributed by atoms with van der Waals surface area (Å²) in [5.41, 5.74) is 7.30. The zero-order valence-electron chi connectivity index (χ0n) is 9.65. The van der Waals surface area contributed by atoms with Crippen LogP contribution in [0.2, 0.25) is 5.02 Å². The van der Waals surface area contributed by atoms with Gasteiger partial charge in [0.1, 0.15) is 11.0 Å². The average Bonchev–Trinajstić information content (AvgIpc) is 2.82. The van der Waals surface area contributed by atoms with Crippen LogP contribution in [0.4, 0.5) is 5.69 Å². The maximum atomic E-state index is 11.7. The summed E-state index contributed by atoms with van der Waals surface area (Å²) in [6.07, 6.45) is 2.04. The minimum atomic E-state index is -0.0779.